The van der Waals surface area contributed by atoms with Crippen LogP contribution in [0.25, 0.3) is 0 Å². The molecule has 13 atom stereocenters. The Morgan fingerprint density at radius 3 is 1.86 bits per heavy atom. The predicted molar refractivity (Wildman–Crippen MR) is 162 cm³/mol. The van der Waals surface area contributed by atoms with Gasteiger partial charge in [0.1, 0.15) is 29.2 Å². The first kappa shape index (κ1) is 30.6. The van der Waals surface area contributed by atoms with Crippen molar-refractivity contribution in [2.24, 2.45) is 52.8 Å². The number of ether oxygens (including phenoxy) is 2. The van der Waals surface area contributed by atoms with E-state index in [9.17, 15) is 24.6 Å². The summed E-state index contributed by atoms with van der Waals surface area (Å²) < 4.78 is 12.5. The summed E-state index contributed by atoms with van der Waals surface area (Å²) in [7, 11) is 7.79. The number of hydrogen-bond donors (Lipinski definition) is 2. The van der Waals surface area contributed by atoms with Crippen LogP contribution in [0.15, 0.2) is 24.3 Å². The minimum atomic E-state index is -1.78. The molecular weight excluding hydrogens is 560 g/mol. The zero-order chi connectivity index (χ0) is 31.5. The van der Waals surface area contributed by atoms with E-state index in [0.717, 1.165) is 24.0 Å². The predicted octanol–water partition coefficient (Wildman–Crippen LogP) is 2.60. The van der Waals surface area contributed by atoms with Gasteiger partial charge in [0.15, 0.2) is 0 Å². The van der Waals surface area contributed by atoms with Crippen LogP contribution in [0, 0.1) is 52.8 Å². The summed E-state index contributed by atoms with van der Waals surface area (Å²) in [4.78, 5) is 45.3. The molecule has 7 aliphatic rings. The fourth-order valence-electron chi connectivity index (χ4n) is 11.8. The summed E-state index contributed by atoms with van der Waals surface area (Å²) in [5.74, 6) is -2.85. The van der Waals surface area contributed by atoms with Crippen LogP contribution < -0.4 is 0 Å². The van der Waals surface area contributed by atoms with Crippen LogP contribution in [0.1, 0.15) is 57.8 Å². The lowest BCUT2D eigenvalue weighted by Gasteiger charge is -2.58. The van der Waals surface area contributed by atoms with E-state index < -0.39 is 40.7 Å². The molecule has 9 heteroatoms. The molecule has 0 aromatic heterocycles. The van der Waals surface area contributed by atoms with Gasteiger partial charge in [0.2, 0.25) is 0 Å². The summed E-state index contributed by atoms with van der Waals surface area (Å²) in [5.41, 5.74) is -2.78. The first-order valence-corrected chi connectivity index (χ1v) is 16.8. The number of ketones is 1. The van der Waals surface area contributed by atoms with Crippen molar-refractivity contribution in [3.05, 3.63) is 24.3 Å². The number of rotatable bonds is 4. The van der Waals surface area contributed by atoms with Gasteiger partial charge in [-0.25, -0.2) is 0 Å². The van der Waals surface area contributed by atoms with E-state index in [1.807, 2.05) is 38.0 Å². The molecule has 7 rings (SSSR count). The smallest absolute Gasteiger partial charge is 0.310 e. The Labute approximate surface area is 261 Å². The average Bonchev–Trinajstić information content (AvgIpc) is 3.53. The van der Waals surface area contributed by atoms with E-state index in [1.54, 1.807) is 0 Å². The van der Waals surface area contributed by atoms with Crippen molar-refractivity contribution in [3.63, 3.8) is 0 Å². The van der Waals surface area contributed by atoms with Crippen LogP contribution in [-0.2, 0) is 23.9 Å². The molecule has 2 aliphatic heterocycles. The number of fused-ring (bicyclic) bond motifs is 10. The van der Waals surface area contributed by atoms with Gasteiger partial charge in [-0.3, -0.25) is 14.4 Å². The Balaban J connectivity index is 1.34. The molecule has 0 aromatic rings. The molecule has 44 heavy (non-hydrogen) atoms. The molecule has 5 saturated carbocycles. The third-order valence-electron chi connectivity index (χ3n) is 13.5. The molecule has 2 heterocycles. The first-order valence-electron chi connectivity index (χ1n) is 16.8. The summed E-state index contributed by atoms with van der Waals surface area (Å²) >= 11 is 0. The van der Waals surface area contributed by atoms with Crippen molar-refractivity contribution in [3.8, 4) is 0 Å². The van der Waals surface area contributed by atoms with Crippen molar-refractivity contribution in [1.29, 1.82) is 0 Å². The number of nitrogens with zero attached hydrogens (tertiary/aromatic N) is 2. The van der Waals surface area contributed by atoms with Crippen LogP contribution in [0.2, 0.25) is 0 Å². The fourth-order valence-corrected chi connectivity index (χ4v) is 11.8. The first-order chi connectivity index (χ1) is 20.7. The van der Waals surface area contributed by atoms with Crippen LogP contribution in [-0.4, -0.2) is 102 Å². The number of carbonyl (C=O) groups is 3. The van der Waals surface area contributed by atoms with E-state index in [4.69, 9.17) is 9.47 Å². The van der Waals surface area contributed by atoms with Crippen molar-refractivity contribution in [2.75, 3.05) is 41.3 Å². The molecule has 7 fully saturated rings. The van der Waals surface area contributed by atoms with E-state index in [2.05, 4.69) is 13.2 Å². The van der Waals surface area contributed by atoms with Gasteiger partial charge in [0.05, 0.1) is 17.3 Å². The standard InChI is InChI=1S/C35H50N2O7/c1-18-8-10-20-24(16-36(3)4)31(39)43-29(20)27-22(18)14-26(38)33(27)12-7-13-34(41)28-23(15-35(33,34)42)19(2)9-11-21-25(17-37(5)6)32(40)44-30(21)28/h20-25,27-30,41-42H,1-2,7-17H2,3-6H3/t20-,21-,22-,23-,24?,25?,27-,28-,29-,30-,33+,34-,35-/m0/s1. The van der Waals surface area contributed by atoms with Crippen LogP contribution >= 0.6 is 0 Å². The van der Waals surface area contributed by atoms with Crippen LogP contribution in [0.4, 0.5) is 0 Å². The zero-order valence-corrected chi connectivity index (χ0v) is 26.8. The van der Waals surface area contributed by atoms with Gasteiger partial charge in [-0.1, -0.05) is 24.3 Å². The molecule has 2 N–H and O–H groups in total. The van der Waals surface area contributed by atoms with Crippen LogP contribution in [0.3, 0.4) is 0 Å². The van der Waals surface area contributed by atoms with E-state index in [0.29, 0.717) is 45.2 Å². The van der Waals surface area contributed by atoms with Crippen molar-refractivity contribution >= 4 is 17.7 Å². The second-order valence-electron chi connectivity index (χ2n) is 16.0. The highest BCUT2D eigenvalue weighted by atomic mass is 16.6. The largest absolute Gasteiger partial charge is 0.461 e. The second-order valence-corrected chi connectivity index (χ2v) is 16.0. The normalized spacial score (nSPS) is 49.8. The highest BCUT2D eigenvalue weighted by Crippen LogP contribution is 2.72. The van der Waals surface area contributed by atoms with Gasteiger partial charge in [-0.05, 0) is 91.4 Å². The minimum absolute atomic E-state index is 0.0467. The SMILES string of the molecule is C=C1CC[C@H]2C(CN(C)C)C(=O)O[C@@H]2[C@@H]2[C@H]1C[C@@]1(O)[C@]2(O)CCC[C@]12C(=O)C[C@H]1C(=C)CC[C@H]3C(CN(C)C)C(=O)O[C@@H]3[C@H]12. The maximum atomic E-state index is 14.6. The number of allylic oxidation sites excluding steroid dienone is 2. The molecule has 0 bridgehead atoms. The van der Waals surface area contributed by atoms with Gasteiger partial charge < -0.3 is 29.5 Å². The van der Waals surface area contributed by atoms with Crippen molar-refractivity contribution in [2.45, 2.75) is 81.2 Å². The second kappa shape index (κ2) is 10.2. The molecule has 0 amide bonds. The Hall–Kier alpha value is -2.07. The third kappa shape index (κ3) is 3.88. The number of Topliss-reactive ketones (excluding diaryl/α,β-unsaturated/α-hetero) is 1. The Bertz CT molecular complexity index is 1300. The van der Waals surface area contributed by atoms with Gasteiger partial charge in [-0.2, -0.15) is 0 Å². The lowest BCUT2D eigenvalue weighted by molar-refractivity contribution is -0.256. The fraction of sp³-hybridized carbons (Fsp3) is 0.800. The third-order valence-corrected chi connectivity index (χ3v) is 13.5. The molecular formula is C35H50N2O7. The minimum Gasteiger partial charge on any atom is -0.461 e. The molecule has 242 valence electrons. The van der Waals surface area contributed by atoms with Crippen LogP contribution in [0.5, 0.6) is 0 Å². The molecule has 1 spiro atoms. The number of esters is 2. The van der Waals surface area contributed by atoms with Crippen molar-refractivity contribution < 1.29 is 34.1 Å². The number of carbonyl (C=O) groups excluding carboxylic acids is 3. The topological polar surface area (TPSA) is 117 Å². The zero-order valence-electron chi connectivity index (χ0n) is 26.8. The van der Waals surface area contributed by atoms with E-state index in [1.165, 1.54) is 0 Å². The van der Waals surface area contributed by atoms with Crippen molar-refractivity contribution in [1.82, 2.24) is 9.80 Å². The maximum Gasteiger partial charge on any atom is 0.310 e. The molecule has 2 saturated heterocycles. The number of hydrogen-bond acceptors (Lipinski definition) is 9. The Morgan fingerprint density at radius 1 is 0.795 bits per heavy atom. The number of aliphatic hydroxyl groups is 2. The summed E-state index contributed by atoms with van der Waals surface area (Å²) in [6.45, 7) is 10.0. The lowest BCUT2D eigenvalue weighted by atomic mass is 9.49. The highest BCUT2D eigenvalue weighted by Gasteiger charge is 2.81. The Morgan fingerprint density at radius 2 is 1.32 bits per heavy atom. The Kier molecular flexibility index (Phi) is 7.10. The van der Waals surface area contributed by atoms with E-state index in [-0.39, 0.29) is 66.1 Å². The van der Waals surface area contributed by atoms with Gasteiger partial charge in [0.25, 0.3) is 0 Å². The molecule has 0 radical (unpaired) electrons. The molecule has 5 aliphatic carbocycles. The average molecular weight is 611 g/mol. The molecule has 0 aromatic carbocycles. The summed E-state index contributed by atoms with van der Waals surface area (Å²) in [6.07, 6.45) is 3.56. The quantitative estimate of drug-likeness (QED) is 0.366. The maximum absolute atomic E-state index is 14.6. The van der Waals surface area contributed by atoms with Gasteiger partial charge >= 0.3 is 11.9 Å². The molecule has 9 nitrogen and oxygen atoms in total. The molecule has 2 unspecified atom stereocenters. The van der Waals surface area contributed by atoms with Gasteiger partial charge in [-0.15, -0.1) is 0 Å². The van der Waals surface area contributed by atoms with E-state index >= 15 is 0 Å². The summed E-state index contributed by atoms with van der Waals surface area (Å²) in [5, 5.41) is 26.4. The monoisotopic (exact) mass is 610 g/mol. The summed E-state index contributed by atoms with van der Waals surface area (Å²) in [6, 6.07) is 0. The van der Waals surface area contributed by atoms with Gasteiger partial charge in [0, 0.05) is 43.2 Å². The lowest BCUT2D eigenvalue weighted by Crippen LogP contribution is -2.71. The highest BCUT2D eigenvalue weighted by molar-refractivity contribution is 5.91.